The number of aromatic nitrogens is 1. The van der Waals surface area contributed by atoms with E-state index in [4.69, 9.17) is 9.47 Å². The van der Waals surface area contributed by atoms with Gasteiger partial charge in [0.05, 0.1) is 5.56 Å². The van der Waals surface area contributed by atoms with Crippen LogP contribution in [0.1, 0.15) is 61.7 Å². The molecule has 1 saturated heterocycles. The minimum atomic E-state index is -0.0227. The van der Waals surface area contributed by atoms with Crippen LogP contribution in [0.5, 0.6) is 5.88 Å². The standard InChI is InChI=1S/C19H26N2O3/c22-18(21-16-7-8-19(16)9-11-23-12-10-19)14-5-6-17(20-13-14)24-15-3-1-2-4-15/h5-6,13,15-16H,1-4,7-12H2,(H,21,22). The number of amides is 1. The Labute approximate surface area is 143 Å². The molecular weight excluding hydrogens is 304 g/mol. The first-order valence-electron chi connectivity index (χ1n) is 9.27. The fourth-order valence-corrected chi connectivity index (χ4v) is 4.30. The molecule has 2 heterocycles. The van der Waals surface area contributed by atoms with Gasteiger partial charge in [0.2, 0.25) is 5.88 Å². The van der Waals surface area contributed by atoms with Crippen molar-refractivity contribution < 1.29 is 14.3 Å². The second-order valence-corrected chi connectivity index (χ2v) is 7.45. The van der Waals surface area contributed by atoms with E-state index in [2.05, 4.69) is 10.3 Å². The van der Waals surface area contributed by atoms with E-state index < -0.39 is 0 Å². The third-order valence-corrected chi connectivity index (χ3v) is 6.05. The number of carbonyl (C=O) groups excluding carboxylic acids is 1. The Morgan fingerprint density at radius 1 is 1.17 bits per heavy atom. The maximum atomic E-state index is 12.5. The summed E-state index contributed by atoms with van der Waals surface area (Å²) in [5.41, 5.74) is 0.884. The molecule has 0 bridgehead atoms. The molecule has 130 valence electrons. The van der Waals surface area contributed by atoms with E-state index >= 15 is 0 Å². The number of rotatable bonds is 4. The van der Waals surface area contributed by atoms with E-state index in [1.807, 2.05) is 12.1 Å². The highest BCUT2D eigenvalue weighted by Gasteiger charge is 2.47. The van der Waals surface area contributed by atoms with Crippen molar-refractivity contribution in [1.29, 1.82) is 0 Å². The van der Waals surface area contributed by atoms with Crippen LogP contribution in [-0.2, 0) is 4.74 Å². The second-order valence-electron chi connectivity index (χ2n) is 7.45. The van der Waals surface area contributed by atoms with Gasteiger partial charge < -0.3 is 14.8 Å². The summed E-state index contributed by atoms with van der Waals surface area (Å²) in [5.74, 6) is 0.605. The van der Waals surface area contributed by atoms with Gasteiger partial charge in [-0.2, -0.15) is 0 Å². The molecule has 24 heavy (non-hydrogen) atoms. The molecule has 1 aliphatic heterocycles. The van der Waals surface area contributed by atoms with Gasteiger partial charge in [0, 0.05) is 31.5 Å². The summed E-state index contributed by atoms with van der Waals surface area (Å²) in [7, 11) is 0. The van der Waals surface area contributed by atoms with Crippen LogP contribution in [0.4, 0.5) is 0 Å². The summed E-state index contributed by atoms with van der Waals surface area (Å²) in [5, 5.41) is 3.21. The fraction of sp³-hybridized carbons (Fsp3) is 0.684. The third-order valence-electron chi connectivity index (χ3n) is 6.05. The minimum Gasteiger partial charge on any atom is -0.474 e. The molecule has 2 aliphatic carbocycles. The highest BCUT2D eigenvalue weighted by molar-refractivity contribution is 5.94. The summed E-state index contributed by atoms with van der Waals surface area (Å²) in [6.45, 7) is 1.64. The Morgan fingerprint density at radius 3 is 2.58 bits per heavy atom. The molecule has 1 atom stereocenters. The molecule has 1 aromatic heterocycles. The Bertz CT molecular complexity index is 575. The van der Waals surface area contributed by atoms with Gasteiger partial charge >= 0.3 is 0 Å². The monoisotopic (exact) mass is 330 g/mol. The minimum absolute atomic E-state index is 0.0227. The molecule has 3 aliphatic rings. The first-order chi connectivity index (χ1) is 11.8. The van der Waals surface area contributed by atoms with Crippen LogP contribution in [0.15, 0.2) is 18.3 Å². The lowest BCUT2D eigenvalue weighted by Crippen LogP contribution is -2.57. The predicted molar refractivity (Wildman–Crippen MR) is 90.1 cm³/mol. The number of ether oxygens (including phenoxy) is 2. The first-order valence-corrected chi connectivity index (χ1v) is 9.27. The van der Waals surface area contributed by atoms with Crippen LogP contribution in [-0.4, -0.2) is 36.3 Å². The van der Waals surface area contributed by atoms with Gasteiger partial charge in [0.15, 0.2) is 0 Å². The molecule has 4 rings (SSSR count). The van der Waals surface area contributed by atoms with Gasteiger partial charge in [0.1, 0.15) is 6.10 Å². The van der Waals surface area contributed by atoms with Crippen molar-refractivity contribution in [1.82, 2.24) is 10.3 Å². The van der Waals surface area contributed by atoms with Gasteiger partial charge in [-0.1, -0.05) is 0 Å². The van der Waals surface area contributed by atoms with E-state index in [0.717, 1.165) is 45.3 Å². The number of pyridine rings is 1. The highest BCUT2D eigenvalue weighted by atomic mass is 16.5. The molecule has 1 unspecified atom stereocenters. The summed E-state index contributed by atoms with van der Waals surface area (Å²) in [6, 6.07) is 3.92. The molecular formula is C19H26N2O3. The number of nitrogens with zero attached hydrogens (tertiary/aromatic N) is 1. The molecule has 1 N–H and O–H groups in total. The van der Waals surface area contributed by atoms with E-state index in [1.165, 1.54) is 19.3 Å². The molecule has 2 saturated carbocycles. The van der Waals surface area contributed by atoms with E-state index in [1.54, 1.807) is 6.20 Å². The smallest absolute Gasteiger partial charge is 0.253 e. The molecule has 3 fully saturated rings. The van der Waals surface area contributed by atoms with Crippen molar-refractivity contribution in [2.45, 2.75) is 63.5 Å². The molecule has 1 amide bonds. The molecule has 0 aromatic carbocycles. The Morgan fingerprint density at radius 2 is 1.96 bits per heavy atom. The van der Waals surface area contributed by atoms with Crippen molar-refractivity contribution >= 4 is 5.91 Å². The Hall–Kier alpha value is -1.62. The Kier molecular flexibility index (Phi) is 4.44. The number of nitrogens with one attached hydrogen (secondary N) is 1. The van der Waals surface area contributed by atoms with Crippen molar-refractivity contribution in [2.24, 2.45) is 5.41 Å². The molecule has 0 radical (unpaired) electrons. The first kappa shape index (κ1) is 15.9. The third kappa shape index (κ3) is 3.14. The molecule has 1 spiro atoms. The Balaban J connectivity index is 1.34. The normalized spacial score (nSPS) is 26.1. The van der Waals surface area contributed by atoms with Crippen LogP contribution in [0.25, 0.3) is 0 Å². The van der Waals surface area contributed by atoms with Crippen LogP contribution < -0.4 is 10.1 Å². The van der Waals surface area contributed by atoms with Crippen molar-refractivity contribution in [3.8, 4) is 5.88 Å². The largest absolute Gasteiger partial charge is 0.474 e. The SMILES string of the molecule is O=C(NC1CCC12CCOCC2)c1ccc(OC2CCCC2)nc1. The zero-order valence-corrected chi connectivity index (χ0v) is 14.1. The van der Waals surface area contributed by atoms with Crippen molar-refractivity contribution in [2.75, 3.05) is 13.2 Å². The zero-order valence-electron chi connectivity index (χ0n) is 14.1. The maximum Gasteiger partial charge on any atom is 0.253 e. The molecule has 5 heteroatoms. The van der Waals surface area contributed by atoms with Gasteiger partial charge in [-0.05, 0) is 62.8 Å². The molecule has 5 nitrogen and oxygen atoms in total. The van der Waals surface area contributed by atoms with Crippen LogP contribution in [0, 0.1) is 5.41 Å². The quantitative estimate of drug-likeness (QED) is 0.921. The van der Waals surface area contributed by atoms with E-state index in [-0.39, 0.29) is 17.4 Å². The lowest BCUT2D eigenvalue weighted by Gasteiger charge is -2.52. The summed E-state index contributed by atoms with van der Waals surface area (Å²) >= 11 is 0. The zero-order chi connectivity index (χ0) is 16.4. The number of hydrogen-bond acceptors (Lipinski definition) is 4. The molecule has 1 aromatic rings. The fourth-order valence-electron chi connectivity index (χ4n) is 4.30. The lowest BCUT2D eigenvalue weighted by atomic mass is 9.60. The average molecular weight is 330 g/mol. The van der Waals surface area contributed by atoms with E-state index in [9.17, 15) is 4.79 Å². The second kappa shape index (κ2) is 6.71. The van der Waals surface area contributed by atoms with Crippen LogP contribution in [0.3, 0.4) is 0 Å². The van der Waals surface area contributed by atoms with Gasteiger partial charge in [0.25, 0.3) is 5.91 Å². The van der Waals surface area contributed by atoms with Gasteiger partial charge in [-0.15, -0.1) is 0 Å². The number of carbonyl (C=O) groups is 1. The topological polar surface area (TPSA) is 60.5 Å². The van der Waals surface area contributed by atoms with Crippen molar-refractivity contribution in [3.63, 3.8) is 0 Å². The van der Waals surface area contributed by atoms with E-state index in [0.29, 0.717) is 17.5 Å². The summed E-state index contributed by atoms with van der Waals surface area (Å²) in [4.78, 5) is 16.8. The average Bonchev–Trinajstić information content (AvgIpc) is 3.13. The van der Waals surface area contributed by atoms with Crippen LogP contribution in [0.2, 0.25) is 0 Å². The number of hydrogen-bond donors (Lipinski definition) is 1. The lowest BCUT2D eigenvalue weighted by molar-refractivity contribution is -0.0523. The van der Waals surface area contributed by atoms with Crippen LogP contribution >= 0.6 is 0 Å². The summed E-state index contributed by atoms with van der Waals surface area (Å²) < 4.78 is 11.3. The highest BCUT2D eigenvalue weighted by Crippen LogP contribution is 2.48. The predicted octanol–water partition coefficient (Wildman–Crippen LogP) is 3.09. The van der Waals surface area contributed by atoms with Gasteiger partial charge in [-0.25, -0.2) is 4.98 Å². The van der Waals surface area contributed by atoms with Gasteiger partial charge in [-0.3, -0.25) is 4.79 Å². The summed E-state index contributed by atoms with van der Waals surface area (Å²) in [6.07, 6.45) is 11.0. The maximum absolute atomic E-state index is 12.5. The van der Waals surface area contributed by atoms with Crippen molar-refractivity contribution in [3.05, 3.63) is 23.9 Å².